The van der Waals surface area contributed by atoms with E-state index in [2.05, 4.69) is 30.2 Å². The Hall–Kier alpha value is -3.10. The Morgan fingerprint density at radius 1 is 1.25 bits per heavy atom. The summed E-state index contributed by atoms with van der Waals surface area (Å²) in [5.41, 5.74) is 0.157. The number of unbranched alkanes of at least 4 members (excludes halogenated alkanes) is 1. The molecule has 0 bridgehead atoms. The lowest BCUT2D eigenvalue weighted by Gasteiger charge is -2.10. The Balaban J connectivity index is 1.90. The van der Waals surface area contributed by atoms with Crippen LogP contribution in [0.5, 0.6) is 5.88 Å². The van der Waals surface area contributed by atoms with Gasteiger partial charge in [-0.3, -0.25) is 4.79 Å². The van der Waals surface area contributed by atoms with E-state index in [-0.39, 0.29) is 28.6 Å². The van der Waals surface area contributed by atoms with Gasteiger partial charge in [-0.25, -0.2) is 9.02 Å². The number of carbonyl (C=O) groups excluding carboxylic acids is 1. The largest absolute Gasteiger partial charge is 0.475 e. The molecule has 3 aromatic rings. The number of aromatic nitrogens is 4. The third kappa shape index (κ3) is 3.29. The Morgan fingerprint density at radius 3 is 2.75 bits per heavy atom. The molecule has 124 valence electrons. The van der Waals surface area contributed by atoms with E-state index < -0.39 is 11.7 Å². The number of hydrogen-bond donors (Lipinski definition) is 1. The third-order valence-corrected chi connectivity index (χ3v) is 3.17. The van der Waals surface area contributed by atoms with E-state index in [9.17, 15) is 9.18 Å². The van der Waals surface area contributed by atoms with Gasteiger partial charge in [0.15, 0.2) is 5.82 Å². The molecule has 0 saturated heterocycles. The Morgan fingerprint density at radius 2 is 2.00 bits per heavy atom. The van der Waals surface area contributed by atoms with Gasteiger partial charge >= 0.3 is 0 Å². The molecule has 1 N–H and O–H groups in total. The van der Waals surface area contributed by atoms with Gasteiger partial charge in [-0.15, -0.1) is 0 Å². The molecular weight excluding hydrogens is 317 g/mol. The van der Waals surface area contributed by atoms with Crippen LogP contribution in [0.2, 0.25) is 0 Å². The second kappa shape index (κ2) is 6.99. The van der Waals surface area contributed by atoms with E-state index in [1.807, 2.05) is 6.92 Å². The summed E-state index contributed by atoms with van der Waals surface area (Å²) in [6.45, 7) is 2.41. The van der Waals surface area contributed by atoms with E-state index >= 15 is 0 Å². The highest BCUT2D eigenvalue weighted by Crippen LogP contribution is 2.23. The highest BCUT2D eigenvalue weighted by molar-refractivity contribution is 6.04. The van der Waals surface area contributed by atoms with Crippen LogP contribution < -0.4 is 10.1 Å². The minimum Gasteiger partial charge on any atom is -0.475 e. The summed E-state index contributed by atoms with van der Waals surface area (Å²) < 4.78 is 23.8. The highest BCUT2D eigenvalue weighted by Gasteiger charge is 2.18. The van der Waals surface area contributed by atoms with Gasteiger partial charge < -0.3 is 10.1 Å². The van der Waals surface area contributed by atoms with Crippen LogP contribution in [-0.2, 0) is 0 Å². The number of ether oxygens (including phenoxy) is 1. The lowest BCUT2D eigenvalue weighted by Crippen LogP contribution is -2.16. The first kappa shape index (κ1) is 15.8. The molecule has 9 heteroatoms. The maximum absolute atomic E-state index is 13.7. The minimum atomic E-state index is -0.668. The average Bonchev–Trinajstić information content (AvgIpc) is 3.02. The van der Waals surface area contributed by atoms with Crippen molar-refractivity contribution in [1.82, 2.24) is 20.3 Å². The van der Waals surface area contributed by atoms with Crippen LogP contribution in [0.25, 0.3) is 11.3 Å². The molecule has 0 fully saturated rings. The summed E-state index contributed by atoms with van der Waals surface area (Å²) in [5.74, 6) is -1.20. The van der Waals surface area contributed by atoms with E-state index in [0.717, 1.165) is 12.8 Å². The van der Waals surface area contributed by atoms with E-state index in [0.29, 0.717) is 6.61 Å². The minimum absolute atomic E-state index is 0.0301. The van der Waals surface area contributed by atoms with Crippen LogP contribution in [0.4, 0.5) is 10.2 Å². The molecule has 0 radical (unpaired) electrons. The molecule has 0 atom stereocenters. The molecule has 24 heavy (non-hydrogen) atoms. The van der Waals surface area contributed by atoms with Gasteiger partial charge in [0.25, 0.3) is 11.8 Å². The van der Waals surface area contributed by atoms with Crippen molar-refractivity contribution in [3.63, 3.8) is 0 Å². The molecule has 1 aromatic carbocycles. The molecule has 2 aromatic heterocycles. The van der Waals surface area contributed by atoms with Crippen molar-refractivity contribution in [3.8, 4) is 5.88 Å². The van der Waals surface area contributed by atoms with Crippen molar-refractivity contribution in [2.75, 3.05) is 11.9 Å². The zero-order chi connectivity index (χ0) is 16.9. The Bertz CT molecular complexity index is 867. The predicted molar refractivity (Wildman–Crippen MR) is 82.2 cm³/mol. The van der Waals surface area contributed by atoms with E-state index in [1.165, 1.54) is 18.2 Å². The van der Waals surface area contributed by atoms with Crippen LogP contribution in [0.15, 0.2) is 28.9 Å². The first-order chi connectivity index (χ1) is 11.7. The topological polar surface area (TPSA) is 103 Å². The molecule has 0 saturated carbocycles. The number of anilines is 1. The molecule has 1 amide bonds. The molecule has 0 spiro atoms. The fourth-order valence-corrected chi connectivity index (χ4v) is 1.94. The van der Waals surface area contributed by atoms with Crippen LogP contribution in [0.1, 0.15) is 30.1 Å². The number of nitrogens with one attached hydrogen (secondary N) is 1. The lowest BCUT2D eigenvalue weighted by atomic mass is 10.2. The van der Waals surface area contributed by atoms with Gasteiger partial charge in [-0.2, -0.15) is 9.97 Å². The summed E-state index contributed by atoms with van der Waals surface area (Å²) in [5, 5.41) is 9.65. The third-order valence-electron chi connectivity index (χ3n) is 3.17. The standard InChI is InChI=1S/C15H14FN5O3/c1-2-3-8-23-15-13(17-11-12(19-15)21-24-20-11)18-14(22)9-6-4-5-7-10(9)16/h4-7H,2-3,8H2,1H3,(H,17,18,20,22). The second-order valence-electron chi connectivity index (χ2n) is 4.92. The molecule has 0 aliphatic rings. The zero-order valence-corrected chi connectivity index (χ0v) is 12.8. The van der Waals surface area contributed by atoms with Gasteiger partial charge in [-0.05, 0) is 28.9 Å². The van der Waals surface area contributed by atoms with Gasteiger partial charge in [0, 0.05) is 0 Å². The van der Waals surface area contributed by atoms with Crippen molar-refractivity contribution in [3.05, 3.63) is 35.6 Å². The normalized spacial score (nSPS) is 10.8. The number of benzene rings is 1. The van der Waals surface area contributed by atoms with Crippen molar-refractivity contribution in [2.45, 2.75) is 19.8 Å². The summed E-state index contributed by atoms with van der Waals surface area (Å²) in [6.07, 6.45) is 1.73. The Kier molecular flexibility index (Phi) is 4.59. The van der Waals surface area contributed by atoms with Crippen LogP contribution in [0, 0.1) is 5.82 Å². The van der Waals surface area contributed by atoms with Crippen molar-refractivity contribution in [1.29, 1.82) is 0 Å². The lowest BCUT2D eigenvalue weighted by molar-refractivity contribution is 0.102. The van der Waals surface area contributed by atoms with Gasteiger partial charge in [0.1, 0.15) is 5.82 Å². The number of fused-ring (bicyclic) bond motifs is 1. The van der Waals surface area contributed by atoms with Crippen LogP contribution in [-0.4, -0.2) is 32.8 Å². The molecule has 0 unspecified atom stereocenters. The summed E-state index contributed by atoms with van der Waals surface area (Å²) in [4.78, 5) is 20.5. The molecule has 0 aliphatic carbocycles. The molecular formula is C15H14FN5O3. The monoisotopic (exact) mass is 331 g/mol. The molecule has 2 heterocycles. The predicted octanol–water partition coefficient (Wildman–Crippen LogP) is 2.58. The highest BCUT2D eigenvalue weighted by atomic mass is 19.1. The summed E-state index contributed by atoms with van der Waals surface area (Å²) >= 11 is 0. The van der Waals surface area contributed by atoms with Gasteiger partial charge in [0.2, 0.25) is 11.3 Å². The SMILES string of the molecule is CCCCOc1nc2nonc2nc1NC(=O)c1ccccc1F. The zero-order valence-electron chi connectivity index (χ0n) is 12.8. The van der Waals surface area contributed by atoms with Gasteiger partial charge in [0.05, 0.1) is 12.2 Å². The number of amides is 1. The van der Waals surface area contributed by atoms with E-state index in [1.54, 1.807) is 6.07 Å². The molecule has 0 aliphatic heterocycles. The number of nitrogens with zero attached hydrogens (tertiary/aromatic N) is 4. The van der Waals surface area contributed by atoms with Crippen molar-refractivity contribution >= 4 is 23.0 Å². The second-order valence-corrected chi connectivity index (χ2v) is 4.92. The molecule has 3 rings (SSSR count). The number of carbonyl (C=O) groups is 1. The number of halogens is 1. The smallest absolute Gasteiger partial charge is 0.260 e. The number of hydrogen-bond acceptors (Lipinski definition) is 7. The summed E-state index contributed by atoms with van der Waals surface area (Å²) in [7, 11) is 0. The van der Waals surface area contributed by atoms with Crippen LogP contribution >= 0.6 is 0 Å². The quantitative estimate of drug-likeness (QED) is 0.692. The van der Waals surface area contributed by atoms with Crippen LogP contribution in [0.3, 0.4) is 0 Å². The average molecular weight is 331 g/mol. The fourth-order valence-electron chi connectivity index (χ4n) is 1.94. The van der Waals surface area contributed by atoms with E-state index in [4.69, 9.17) is 4.74 Å². The van der Waals surface area contributed by atoms with Crippen molar-refractivity contribution in [2.24, 2.45) is 0 Å². The maximum atomic E-state index is 13.7. The maximum Gasteiger partial charge on any atom is 0.260 e. The van der Waals surface area contributed by atoms with Crippen molar-refractivity contribution < 1.29 is 18.6 Å². The first-order valence-electron chi connectivity index (χ1n) is 7.38. The number of rotatable bonds is 6. The fraction of sp³-hybridized carbons (Fsp3) is 0.267. The first-order valence-corrected chi connectivity index (χ1v) is 7.38. The molecule has 8 nitrogen and oxygen atoms in total. The Labute approximate surface area is 136 Å². The van der Waals surface area contributed by atoms with Gasteiger partial charge in [-0.1, -0.05) is 25.5 Å². The summed E-state index contributed by atoms with van der Waals surface area (Å²) in [6, 6.07) is 5.63.